The van der Waals surface area contributed by atoms with Gasteiger partial charge in [0.2, 0.25) is 0 Å². The summed E-state index contributed by atoms with van der Waals surface area (Å²) in [5.41, 5.74) is -1.62. The number of sulfone groups is 1. The summed E-state index contributed by atoms with van der Waals surface area (Å²) in [4.78, 5) is 9.55. The molecule has 4 aromatic carbocycles. The number of nitrogens with zero attached hydrogens (tertiary/aromatic N) is 8. The van der Waals surface area contributed by atoms with Crippen molar-refractivity contribution >= 4 is 54.7 Å². The van der Waals surface area contributed by atoms with Gasteiger partial charge in [0.05, 0.1) is 38.7 Å². The van der Waals surface area contributed by atoms with Crippen molar-refractivity contribution in [3.63, 3.8) is 0 Å². The first-order chi connectivity index (χ1) is 28.7. The van der Waals surface area contributed by atoms with E-state index in [1.54, 1.807) is 48.5 Å². The third-order valence-corrected chi connectivity index (χ3v) is 10.2. The van der Waals surface area contributed by atoms with Crippen molar-refractivity contribution in [2.75, 3.05) is 16.3 Å². The van der Waals surface area contributed by atoms with Gasteiger partial charge in [-0.25, -0.2) is 37.8 Å². The van der Waals surface area contributed by atoms with Gasteiger partial charge in [-0.1, -0.05) is 36.4 Å². The van der Waals surface area contributed by atoms with Gasteiger partial charge in [0.1, 0.15) is 5.75 Å². The summed E-state index contributed by atoms with van der Waals surface area (Å²) >= 11 is 0. The molecule has 21 heteroatoms. The topological polar surface area (TPSA) is 111 Å². The lowest BCUT2D eigenvalue weighted by molar-refractivity contribution is -0.274. The van der Waals surface area contributed by atoms with Crippen molar-refractivity contribution in [3.8, 4) is 17.1 Å². The van der Waals surface area contributed by atoms with E-state index in [0.717, 1.165) is 52.3 Å². The Kier molecular flexibility index (Phi) is 9.88. The average Bonchev–Trinajstić information content (AvgIpc) is 3.91. The minimum Gasteiger partial charge on any atom is -0.406 e. The van der Waals surface area contributed by atoms with Gasteiger partial charge in [-0.05, 0) is 72.8 Å². The Morgan fingerprint density at radius 3 is 1.34 bits per heavy atom. The van der Waals surface area contributed by atoms with Crippen LogP contribution >= 0.6 is 0 Å². The van der Waals surface area contributed by atoms with Crippen LogP contribution in [0.15, 0.2) is 139 Å². The Labute approximate surface area is 338 Å². The predicted octanol–water partition coefficient (Wildman–Crippen LogP) is 10.4. The number of hydrogen-bond donors (Lipinski definition) is 0. The molecule has 0 saturated heterocycles. The second-order valence-corrected chi connectivity index (χ2v) is 15.3. The van der Waals surface area contributed by atoms with Gasteiger partial charge in [0.15, 0.2) is 32.9 Å². The summed E-state index contributed by atoms with van der Waals surface area (Å²) < 4.78 is 154. The number of ether oxygens (including phenoxy) is 1. The Morgan fingerprint density at radius 1 is 0.557 bits per heavy atom. The number of hydrogen-bond acceptors (Lipinski definition) is 9. The van der Waals surface area contributed by atoms with E-state index < -0.39 is 45.7 Å². The Balaban J connectivity index is 1.44. The number of alkyl halides is 9. The van der Waals surface area contributed by atoms with Crippen molar-refractivity contribution in [2.45, 2.75) is 23.6 Å². The summed E-state index contributed by atoms with van der Waals surface area (Å²) in [7, 11) is -3.76. The third-order valence-electron chi connectivity index (χ3n) is 9.07. The standard InChI is InChI=1S/C40H25F9N8O3S/c1-61(58,59)27-16-12-25(13-17-27)57(37-23-33(29-7-3-5-9-31(29)51-37)55-21-19-35(53-55)39(44,45)46)56(24-10-14-26(15-11-24)60-40(47,48)49)36-22-32(28-6-2-4-8-30(28)50-36)54-20-18-34(52-54)38(41,42)43/h2-23H,1H3. The number of rotatable bonds is 9. The molecule has 0 atom stereocenters. The molecule has 0 amide bonds. The summed E-state index contributed by atoms with van der Waals surface area (Å²) in [6.07, 6.45) is -11.5. The van der Waals surface area contributed by atoms with Crippen LogP contribution in [0, 0.1) is 0 Å². The van der Waals surface area contributed by atoms with Gasteiger partial charge in [-0.3, -0.25) is 0 Å². The molecule has 0 aliphatic carbocycles. The van der Waals surface area contributed by atoms with Crippen LogP contribution < -0.4 is 14.8 Å². The summed E-state index contributed by atoms with van der Waals surface area (Å²) in [6, 6.07) is 26.8. The first kappa shape index (κ1) is 40.6. The van der Waals surface area contributed by atoms with Crippen LogP contribution in [0.25, 0.3) is 33.2 Å². The Bertz CT molecular complexity index is 3020. The Morgan fingerprint density at radius 2 is 0.967 bits per heavy atom. The molecule has 0 radical (unpaired) electrons. The molecule has 8 rings (SSSR count). The number of para-hydroxylation sites is 2. The van der Waals surface area contributed by atoms with Crippen molar-refractivity contribution in [1.82, 2.24) is 29.5 Å². The van der Waals surface area contributed by atoms with Crippen LogP contribution in [0.5, 0.6) is 5.75 Å². The molecule has 0 unspecified atom stereocenters. The lowest BCUT2D eigenvalue weighted by Crippen LogP contribution is -2.37. The molecule has 0 N–H and O–H groups in total. The number of aromatic nitrogens is 6. The van der Waals surface area contributed by atoms with Crippen molar-refractivity contribution < 1.29 is 52.7 Å². The van der Waals surface area contributed by atoms with Crippen LogP contribution in [0.4, 0.5) is 62.5 Å². The van der Waals surface area contributed by atoms with Crippen LogP contribution in [0.2, 0.25) is 0 Å². The number of anilines is 4. The molecule has 8 aromatic rings. The van der Waals surface area contributed by atoms with E-state index >= 15 is 0 Å². The molecule has 312 valence electrons. The molecule has 4 aromatic heterocycles. The Hall–Kier alpha value is -7.16. The van der Waals surface area contributed by atoms with Crippen molar-refractivity contribution in [3.05, 3.63) is 145 Å². The van der Waals surface area contributed by atoms with Crippen LogP contribution in [-0.2, 0) is 22.2 Å². The molecule has 0 aliphatic heterocycles. The van der Waals surface area contributed by atoms with E-state index in [1.807, 2.05) is 0 Å². The van der Waals surface area contributed by atoms with Crippen LogP contribution in [0.3, 0.4) is 0 Å². The van der Waals surface area contributed by atoms with E-state index in [-0.39, 0.29) is 50.3 Å². The maximum absolute atomic E-state index is 13.8. The molecule has 0 aliphatic rings. The SMILES string of the molecule is CS(=O)(=O)c1ccc(N(c2cc(-n3ccc(C(F)(F)F)n3)c3ccccc3n2)N(c2ccc(OC(F)(F)F)cc2)c2cc(-n3ccc(C(F)(F)F)n3)c3ccccc3n2)cc1. The van der Waals surface area contributed by atoms with E-state index in [2.05, 4.69) is 14.9 Å². The van der Waals surface area contributed by atoms with Gasteiger partial charge in [0, 0.05) is 41.6 Å². The number of fused-ring (bicyclic) bond motifs is 2. The average molecular weight is 869 g/mol. The first-order valence-corrected chi connectivity index (χ1v) is 19.4. The minimum absolute atomic E-state index is 0.0434. The van der Waals surface area contributed by atoms with Crippen LogP contribution in [0.1, 0.15) is 11.4 Å². The molecule has 0 fully saturated rings. The maximum Gasteiger partial charge on any atom is 0.573 e. The molecule has 0 bridgehead atoms. The third kappa shape index (κ3) is 8.36. The second kappa shape index (κ2) is 14.8. The number of benzene rings is 4. The molecule has 0 spiro atoms. The largest absolute Gasteiger partial charge is 0.573 e. The van der Waals surface area contributed by atoms with Crippen molar-refractivity contribution in [1.29, 1.82) is 0 Å². The van der Waals surface area contributed by atoms with Gasteiger partial charge in [0.25, 0.3) is 0 Å². The first-order valence-electron chi connectivity index (χ1n) is 17.6. The summed E-state index contributed by atoms with van der Waals surface area (Å²) in [6.45, 7) is 0. The fraction of sp³-hybridized carbons (Fsp3) is 0.100. The summed E-state index contributed by atoms with van der Waals surface area (Å²) in [5, 5.41) is 10.9. The number of halogens is 9. The van der Waals surface area contributed by atoms with Crippen LogP contribution in [-0.4, -0.2) is 50.6 Å². The number of pyridine rings is 2. The monoisotopic (exact) mass is 868 g/mol. The lowest BCUT2D eigenvalue weighted by atomic mass is 10.1. The van der Waals surface area contributed by atoms with E-state index in [9.17, 15) is 47.9 Å². The minimum atomic E-state index is -5.06. The fourth-order valence-corrected chi connectivity index (χ4v) is 7.06. The molecule has 0 saturated carbocycles. The zero-order valence-electron chi connectivity index (χ0n) is 30.8. The quantitative estimate of drug-likeness (QED) is 0.103. The van der Waals surface area contributed by atoms with Gasteiger partial charge in [-0.15, -0.1) is 13.2 Å². The molecular weight excluding hydrogens is 844 g/mol. The van der Waals surface area contributed by atoms with Gasteiger partial charge in [-0.2, -0.15) is 36.5 Å². The van der Waals surface area contributed by atoms with E-state index in [1.165, 1.54) is 58.5 Å². The highest BCUT2D eigenvalue weighted by Crippen LogP contribution is 2.41. The molecule has 61 heavy (non-hydrogen) atoms. The zero-order valence-corrected chi connectivity index (χ0v) is 31.6. The summed E-state index contributed by atoms with van der Waals surface area (Å²) in [5.74, 6) is -0.784. The second-order valence-electron chi connectivity index (χ2n) is 13.3. The highest BCUT2D eigenvalue weighted by molar-refractivity contribution is 7.90. The maximum atomic E-state index is 13.8. The van der Waals surface area contributed by atoms with E-state index in [4.69, 9.17) is 9.97 Å². The lowest BCUT2D eigenvalue weighted by Gasteiger charge is -2.37. The van der Waals surface area contributed by atoms with E-state index in [0.29, 0.717) is 10.8 Å². The molecule has 4 heterocycles. The highest BCUT2D eigenvalue weighted by atomic mass is 32.2. The number of hydrazine groups is 1. The highest BCUT2D eigenvalue weighted by Gasteiger charge is 2.36. The molecule has 11 nitrogen and oxygen atoms in total. The zero-order chi connectivity index (χ0) is 43.5. The molecular formula is C40H25F9N8O3S. The smallest absolute Gasteiger partial charge is 0.406 e. The predicted molar refractivity (Wildman–Crippen MR) is 205 cm³/mol. The van der Waals surface area contributed by atoms with Crippen molar-refractivity contribution in [2.24, 2.45) is 0 Å². The van der Waals surface area contributed by atoms with Gasteiger partial charge >= 0.3 is 18.7 Å². The normalized spacial score (nSPS) is 12.6. The fourth-order valence-electron chi connectivity index (χ4n) is 6.43. The van der Waals surface area contributed by atoms with Gasteiger partial charge < -0.3 is 4.74 Å².